The molecule has 0 N–H and O–H groups in total. The van der Waals surface area contributed by atoms with E-state index in [1.54, 1.807) is 0 Å². The van der Waals surface area contributed by atoms with Gasteiger partial charge in [-0.3, -0.25) is 0 Å². The topological polar surface area (TPSA) is 35.0 Å². The third kappa shape index (κ3) is 2.92. The second-order valence-corrected chi connectivity index (χ2v) is 2.68. The summed E-state index contributed by atoms with van der Waals surface area (Å²) < 4.78 is 17.5. The molecule has 1 aromatic rings. The highest BCUT2D eigenvalue weighted by molar-refractivity contribution is 4.89. The molecule has 0 aliphatic carbocycles. The van der Waals surface area contributed by atoms with Crippen molar-refractivity contribution in [1.29, 1.82) is 0 Å². The van der Waals surface area contributed by atoms with Crippen molar-refractivity contribution in [3.05, 3.63) is 24.0 Å². The Bertz CT molecular complexity index is 235. The Morgan fingerprint density at radius 2 is 2.00 bits per heavy atom. The van der Waals surface area contributed by atoms with Crippen molar-refractivity contribution < 1.29 is 9.13 Å². The molecule has 0 saturated carbocycles. The molecule has 4 heteroatoms. The summed E-state index contributed by atoms with van der Waals surface area (Å²) in [5, 5.41) is 0. The molecule has 1 heterocycles. The SMILES string of the molecule is CC(C)OCc1ncc(F)cn1. The lowest BCUT2D eigenvalue weighted by atomic mass is 10.5. The zero-order valence-corrected chi connectivity index (χ0v) is 7.12. The third-order valence-corrected chi connectivity index (χ3v) is 1.22. The minimum Gasteiger partial charge on any atom is -0.371 e. The molecular formula is C8H11FN2O. The minimum absolute atomic E-state index is 0.138. The smallest absolute Gasteiger partial charge is 0.159 e. The van der Waals surface area contributed by atoms with Crippen molar-refractivity contribution >= 4 is 0 Å². The Morgan fingerprint density at radius 1 is 1.42 bits per heavy atom. The zero-order chi connectivity index (χ0) is 8.97. The van der Waals surface area contributed by atoms with E-state index < -0.39 is 5.82 Å². The number of nitrogens with zero attached hydrogens (tertiary/aromatic N) is 2. The predicted octanol–water partition coefficient (Wildman–Crippen LogP) is 1.54. The lowest BCUT2D eigenvalue weighted by Crippen LogP contribution is -2.05. The van der Waals surface area contributed by atoms with Gasteiger partial charge >= 0.3 is 0 Å². The van der Waals surface area contributed by atoms with E-state index in [2.05, 4.69) is 9.97 Å². The highest BCUT2D eigenvalue weighted by Gasteiger charge is 1.98. The summed E-state index contributed by atoms with van der Waals surface area (Å²) in [4.78, 5) is 7.48. The quantitative estimate of drug-likeness (QED) is 0.690. The van der Waals surface area contributed by atoms with Crippen LogP contribution in [0.1, 0.15) is 19.7 Å². The summed E-state index contributed by atoms with van der Waals surface area (Å²) >= 11 is 0. The minimum atomic E-state index is -0.428. The maximum atomic E-state index is 12.3. The molecule has 0 amide bonds. The summed E-state index contributed by atoms with van der Waals surface area (Å²) in [5.74, 6) is 0.0772. The third-order valence-electron chi connectivity index (χ3n) is 1.22. The van der Waals surface area contributed by atoms with Crippen molar-refractivity contribution in [2.75, 3.05) is 0 Å². The fraction of sp³-hybridized carbons (Fsp3) is 0.500. The normalized spacial score (nSPS) is 10.7. The van der Waals surface area contributed by atoms with E-state index in [0.29, 0.717) is 12.4 Å². The first-order chi connectivity index (χ1) is 5.68. The number of ether oxygens (including phenoxy) is 1. The summed E-state index contributed by atoms with van der Waals surface area (Å²) in [6.45, 7) is 4.17. The Hall–Kier alpha value is -1.03. The molecule has 66 valence electrons. The van der Waals surface area contributed by atoms with Gasteiger partial charge in [-0.15, -0.1) is 0 Å². The van der Waals surface area contributed by atoms with Gasteiger partial charge in [0.2, 0.25) is 0 Å². The molecule has 3 nitrogen and oxygen atoms in total. The van der Waals surface area contributed by atoms with Gasteiger partial charge < -0.3 is 4.74 Å². The molecule has 1 aromatic heterocycles. The average Bonchev–Trinajstić information content (AvgIpc) is 2.03. The zero-order valence-electron chi connectivity index (χ0n) is 7.12. The van der Waals surface area contributed by atoms with Crippen molar-refractivity contribution in [3.8, 4) is 0 Å². The molecular weight excluding hydrogens is 159 g/mol. The van der Waals surface area contributed by atoms with Crippen LogP contribution >= 0.6 is 0 Å². The number of hydrogen-bond donors (Lipinski definition) is 0. The fourth-order valence-electron chi connectivity index (χ4n) is 0.655. The van der Waals surface area contributed by atoms with Crippen LogP contribution in [0.3, 0.4) is 0 Å². The second-order valence-electron chi connectivity index (χ2n) is 2.68. The van der Waals surface area contributed by atoms with Crippen molar-refractivity contribution in [3.63, 3.8) is 0 Å². The molecule has 0 aromatic carbocycles. The van der Waals surface area contributed by atoms with Crippen LogP contribution in [0.15, 0.2) is 12.4 Å². The van der Waals surface area contributed by atoms with E-state index in [4.69, 9.17) is 4.74 Å². The monoisotopic (exact) mass is 170 g/mol. The number of rotatable bonds is 3. The van der Waals surface area contributed by atoms with Gasteiger partial charge in [0.25, 0.3) is 0 Å². The molecule has 0 bridgehead atoms. The molecule has 0 radical (unpaired) electrons. The fourth-order valence-corrected chi connectivity index (χ4v) is 0.655. The summed E-state index contributed by atoms with van der Waals surface area (Å²) in [6, 6.07) is 0. The Balaban J connectivity index is 2.48. The first-order valence-electron chi connectivity index (χ1n) is 3.76. The second kappa shape index (κ2) is 4.11. The van der Waals surface area contributed by atoms with Crippen LogP contribution in [0, 0.1) is 5.82 Å². The maximum Gasteiger partial charge on any atom is 0.159 e. The summed E-state index contributed by atoms with van der Waals surface area (Å²) in [5.41, 5.74) is 0. The lowest BCUT2D eigenvalue weighted by molar-refractivity contribution is 0.0611. The first-order valence-corrected chi connectivity index (χ1v) is 3.76. The predicted molar refractivity (Wildman–Crippen MR) is 41.9 cm³/mol. The first kappa shape index (κ1) is 9.06. The van der Waals surface area contributed by atoms with Gasteiger partial charge in [0.15, 0.2) is 11.6 Å². The van der Waals surface area contributed by atoms with Crippen LogP contribution in [0.2, 0.25) is 0 Å². The molecule has 1 rings (SSSR count). The van der Waals surface area contributed by atoms with Crippen molar-refractivity contribution in [1.82, 2.24) is 9.97 Å². The van der Waals surface area contributed by atoms with E-state index in [-0.39, 0.29) is 6.10 Å². The highest BCUT2D eigenvalue weighted by atomic mass is 19.1. The maximum absolute atomic E-state index is 12.3. The molecule has 0 saturated heterocycles. The van der Waals surface area contributed by atoms with Gasteiger partial charge in [-0.05, 0) is 13.8 Å². The van der Waals surface area contributed by atoms with E-state index in [1.807, 2.05) is 13.8 Å². The van der Waals surface area contributed by atoms with Crippen LogP contribution in [0.5, 0.6) is 0 Å². The Morgan fingerprint density at radius 3 is 2.50 bits per heavy atom. The highest BCUT2D eigenvalue weighted by Crippen LogP contribution is 1.97. The summed E-state index contributed by atoms with van der Waals surface area (Å²) in [7, 11) is 0. The number of aromatic nitrogens is 2. The van der Waals surface area contributed by atoms with E-state index in [9.17, 15) is 4.39 Å². The van der Waals surface area contributed by atoms with Crippen molar-refractivity contribution in [2.45, 2.75) is 26.6 Å². The number of hydrogen-bond acceptors (Lipinski definition) is 3. The molecule has 0 aliphatic rings. The Kier molecular flexibility index (Phi) is 3.10. The van der Waals surface area contributed by atoms with Gasteiger partial charge in [0.1, 0.15) is 6.61 Å². The molecule has 0 unspecified atom stereocenters. The van der Waals surface area contributed by atoms with Gasteiger partial charge in [-0.1, -0.05) is 0 Å². The summed E-state index contributed by atoms with van der Waals surface area (Å²) in [6.07, 6.45) is 2.40. The van der Waals surface area contributed by atoms with Crippen LogP contribution in [-0.4, -0.2) is 16.1 Å². The van der Waals surface area contributed by atoms with Gasteiger partial charge in [-0.25, -0.2) is 14.4 Å². The molecule has 12 heavy (non-hydrogen) atoms. The van der Waals surface area contributed by atoms with Gasteiger partial charge in [0, 0.05) is 0 Å². The average molecular weight is 170 g/mol. The standard InChI is InChI=1S/C8H11FN2O/c1-6(2)12-5-8-10-3-7(9)4-11-8/h3-4,6H,5H2,1-2H3. The number of halogens is 1. The molecule has 0 fully saturated rings. The van der Waals surface area contributed by atoms with E-state index in [1.165, 1.54) is 0 Å². The van der Waals surface area contributed by atoms with E-state index in [0.717, 1.165) is 12.4 Å². The van der Waals surface area contributed by atoms with Crippen LogP contribution in [0.4, 0.5) is 4.39 Å². The largest absolute Gasteiger partial charge is 0.371 e. The van der Waals surface area contributed by atoms with Crippen LogP contribution < -0.4 is 0 Å². The van der Waals surface area contributed by atoms with Crippen LogP contribution in [0.25, 0.3) is 0 Å². The van der Waals surface area contributed by atoms with Gasteiger partial charge in [-0.2, -0.15) is 0 Å². The lowest BCUT2D eigenvalue weighted by Gasteiger charge is -2.05. The van der Waals surface area contributed by atoms with E-state index >= 15 is 0 Å². The molecule has 0 spiro atoms. The van der Waals surface area contributed by atoms with Gasteiger partial charge in [0.05, 0.1) is 18.5 Å². The van der Waals surface area contributed by atoms with Crippen molar-refractivity contribution in [2.24, 2.45) is 0 Å². The van der Waals surface area contributed by atoms with Crippen LogP contribution in [-0.2, 0) is 11.3 Å². The molecule has 0 atom stereocenters. The Labute approximate surface area is 70.6 Å². The molecule has 0 aliphatic heterocycles.